The van der Waals surface area contributed by atoms with Crippen molar-refractivity contribution in [2.45, 2.75) is 44.6 Å². The average molecular weight is 278 g/mol. The highest BCUT2D eigenvalue weighted by Crippen LogP contribution is 2.22. The fourth-order valence-electron chi connectivity index (χ4n) is 2.58. The minimum Gasteiger partial charge on any atom is -0.383 e. The smallest absolute Gasteiger partial charge is 0.222 e. The third-order valence-corrected chi connectivity index (χ3v) is 3.76. The highest BCUT2D eigenvalue weighted by molar-refractivity contribution is 5.28. The molecule has 5 nitrogen and oxygen atoms in total. The van der Waals surface area contributed by atoms with Crippen LogP contribution in [0, 0.1) is 0 Å². The maximum atomic E-state index is 5.35. The molecule has 1 aliphatic rings. The Balaban J connectivity index is 2.03. The van der Waals surface area contributed by atoms with Gasteiger partial charge in [-0.3, -0.25) is 0 Å². The number of ether oxygens (including phenoxy) is 1. The Kier molecular flexibility index (Phi) is 4.60. The van der Waals surface area contributed by atoms with Gasteiger partial charge in [-0.15, -0.1) is 0 Å². The monoisotopic (exact) mass is 278 g/mol. The zero-order valence-corrected chi connectivity index (χ0v) is 13.0. The summed E-state index contributed by atoms with van der Waals surface area (Å²) in [4.78, 5) is 8.92. The predicted octanol–water partition coefficient (Wildman–Crippen LogP) is 1.95. The molecule has 1 aromatic heterocycles. The van der Waals surface area contributed by atoms with Gasteiger partial charge in [0.05, 0.1) is 17.8 Å². The molecule has 2 N–H and O–H groups in total. The molecule has 1 aromatic rings. The minimum atomic E-state index is 0.00977. The second-order valence-electron chi connectivity index (χ2n) is 6.61. The molecule has 20 heavy (non-hydrogen) atoms. The van der Waals surface area contributed by atoms with Crippen molar-refractivity contribution in [3.05, 3.63) is 18.0 Å². The molecule has 2 rings (SSSR count). The first-order chi connectivity index (χ1) is 9.45. The molecule has 0 spiro atoms. The summed E-state index contributed by atoms with van der Waals surface area (Å²) >= 11 is 0. The summed E-state index contributed by atoms with van der Waals surface area (Å²) in [6.07, 6.45) is 4.13. The largest absolute Gasteiger partial charge is 0.383 e. The first kappa shape index (κ1) is 15.2. The van der Waals surface area contributed by atoms with E-state index in [1.54, 1.807) is 7.11 Å². The molecule has 1 unspecified atom stereocenters. The fraction of sp³-hybridized carbons (Fsp3) is 0.733. The quantitative estimate of drug-likeness (QED) is 0.862. The second-order valence-corrected chi connectivity index (χ2v) is 6.61. The Labute approximate surface area is 121 Å². The number of nitrogens with one attached hydrogen (secondary N) is 2. The molecule has 2 heterocycles. The summed E-state index contributed by atoms with van der Waals surface area (Å²) in [5.41, 5.74) is 1.10. The average Bonchev–Trinajstić information content (AvgIpc) is 2.85. The summed E-state index contributed by atoms with van der Waals surface area (Å²) < 4.78 is 5.35. The summed E-state index contributed by atoms with van der Waals surface area (Å²) in [5.74, 6) is 0.696. The normalized spacial score (nSPS) is 23.0. The summed E-state index contributed by atoms with van der Waals surface area (Å²) in [7, 11) is 1.75. The first-order valence-corrected chi connectivity index (χ1v) is 7.27. The maximum absolute atomic E-state index is 5.35. The third-order valence-electron chi connectivity index (χ3n) is 3.76. The highest BCUT2D eigenvalue weighted by Gasteiger charge is 2.33. The maximum Gasteiger partial charge on any atom is 0.222 e. The van der Waals surface area contributed by atoms with Gasteiger partial charge in [0.1, 0.15) is 0 Å². The molecule has 0 radical (unpaired) electrons. The van der Waals surface area contributed by atoms with E-state index in [1.165, 1.54) is 6.42 Å². The molecule has 0 aromatic carbocycles. The molecular weight excluding hydrogens is 252 g/mol. The number of anilines is 1. The van der Waals surface area contributed by atoms with Gasteiger partial charge in [0.25, 0.3) is 0 Å². The van der Waals surface area contributed by atoms with E-state index in [0.29, 0.717) is 12.6 Å². The molecule has 1 aliphatic heterocycles. The van der Waals surface area contributed by atoms with Gasteiger partial charge in [0.2, 0.25) is 5.95 Å². The van der Waals surface area contributed by atoms with Gasteiger partial charge in [-0.05, 0) is 25.5 Å². The molecule has 1 saturated heterocycles. The van der Waals surface area contributed by atoms with Crippen LogP contribution in [0.2, 0.25) is 0 Å². The SMILES string of the molecule is COCC1(CNc2nccc(C(C)(C)C)n2)CCCN1. The van der Waals surface area contributed by atoms with Gasteiger partial charge in [0.15, 0.2) is 0 Å². The Hall–Kier alpha value is -1.20. The molecule has 0 aliphatic carbocycles. The lowest BCUT2D eigenvalue weighted by Crippen LogP contribution is -2.49. The number of methoxy groups -OCH3 is 1. The van der Waals surface area contributed by atoms with Crippen molar-refractivity contribution in [2.75, 3.05) is 32.1 Å². The third kappa shape index (κ3) is 3.67. The van der Waals surface area contributed by atoms with Gasteiger partial charge < -0.3 is 15.4 Å². The first-order valence-electron chi connectivity index (χ1n) is 7.27. The van der Waals surface area contributed by atoms with Crippen LogP contribution in [-0.2, 0) is 10.2 Å². The van der Waals surface area contributed by atoms with E-state index in [1.807, 2.05) is 12.3 Å². The molecular formula is C15H26N4O. The van der Waals surface area contributed by atoms with Crippen LogP contribution in [0.5, 0.6) is 0 Å². The van der Waals surface area contributed by atoms with Crippen LogP contribution in [0.1, 0.15) is 39.3 Å². The Morgan fingerprint density at radius 3 is 2.85 bits per heavy atom. The van der Waals surface area contributed by atoms with E-state index in [4.69, 9.17) is 4.74 Å². The zero-order chi connectivity index (χ0) is 14.6. The lowest BCUT2D eigenvalue weighted by atomic mass is 9.92. The van der Waals surface area contributed by atoms with Crippen molar-refractivity contribution < 1.29 is 4.74 Å². The standard InChI is InChI=1S/C15H26N4O/c1-14(2,3)12-6-9-16-13(19-12)17-10-15(11-20-4)7-5-8-18-15/h6,9,18H,5,7-8,10-11H2,1-4H3,(H,16,17,19). The molecule has 0 bridgehead atoms. The molecule has 1 fully saturated rings. The van der Waals surface area contributed by atoms with E-state index in [-0.39, 0.29) is 11.0 Å². The summed E-state index contributed by atoms with van der Waals surface area (Å²) in [6, 6.07) is 1.98. The molecule has 1 atom stereocenters. The van der Waals surface area contributed by atoms with E-state index in [0.717, 1.165) is 25.2 Å². The lowest BCUT2D eigenvalue weighted by Gasteiger charge is -2.29. The van der Waals surface area contributed by atoms with Crippen LogP contribution in [0.3, 0.4) is 0 Å². The van der Waals surface area contributed by atoms with E-state index < -0.39 is 0 Å². The van der Waals surface area contributed by atoms with Crippen molar-refractivity contribution in [3.8, 4) is 0 Å². The van der Waals surface area contributed by atoms with Crippen molar-refractivity contribution >= 4 is 5.95 Å². The molecule has 112 valence electrons. The zero-order valence-electron chi connectivity index (χ0n) is 13.0. The van der Waals surface area contributed by atoms with Crippen LogP contribution in [0.4, 0.5) is 5.95 Å². The van der Waals surface area contributed by atoms with Crippen LogP contribution in [-0.4, -0.2) is 42.3 Å². The number of rotatable bonds is 5. The van der Waals surface area contributed by atoms with Crippen LogP contribution in [0.25, 0.3) is 0 Å². The van der Waals surface area contributed by atoms with Crippen LogP contribution >= 0.6 is 0 Å². The van der Waals surface area contributed by atoms with Gasteiger partial charge >= 0.3 is 0 Å². The number of hydrogen-bond donors (Lipinski definition) is 2. The number of hydrogen-bond acceptors (Lipinski definition) is 5. The van der Waals surface area contributed by atoms with Gasteiger partial charge in [-0.2, -0.15) is 0 Å². The Morgan fingerprint density at radius 2 is 2.25 bits per heavy atom. The van der Waals surface area contributed by atoms with Crippen LogP contribution < -0.4 is 10.6 Å². The minimum absolute atomic E-state index is 0.00977. The van der Waals surface area contributed by atoms with Crippen molar-refractivity contribution in [1.82, 2.24) is 15.3 Å². The summed E-state index contributed by atoms with van der Waals surface area (Å²) in [6.45, 7) is 9.01. The number of aromatic nitrogens is 2. The van der Waals surface area contributed by atoms with Gasteiger partial charge in [-0.25, -0.2) is 9.97 Å². The van der Waals surface area contributed by atoms with Crippen LogP contribution in [0.15, 0.2) is 12.3 Å². The lowest BCUT2D eigenvalue weighted by molar-refractivity contribution is 0.127. The van der Waals surface area contributed by atoms with Gasteiger partial charge in [-0.1, -0.05) is 20.8 Å². The Bertz CT molecular complexity index is 436. The highest BCUT2D eigenvalue weighted by atomic mass is 16.5. The van der Waals surface area contributed by atoms with E-state index in [2.05, 4.69) is 41.4 Å². The second kappa shape index (κ2) is 6.06. The van der Waals surface area contributed by atoms with Crippen molar-refractivity contribution in [3.63, 3.8) is 0 Å². The van der Waals surface area contributed by atoms with Crippen molar-refractivity contribution in [1.29, 1.82) is 0 Å². The topological polar surface area (TPSA) is 59.1 Å². The molecule has 0 amide bonds. The molecule has 5 heteroatoms. The molecule has 0 saturated carbocycles. The van der Waals surface area contributed by atoms with E-state index in [9.17, 15) is 0 Å². The van der Waals surface area contributed by atoms with Gasteiger partial charge in [0, 0.05) is 25.3 Å². The van der Waals surface area contributed by atoms with E-state index >= 15 is 0 Å². The fourth-order valence-corrected chi connectivity index (χ4v) is 2.58. The van der Waals surface area contributed by atoms with Crippen molar-refractivity contribution in [2.24, 2.45) is 0 Å². The number of nitrogens with zero attached hydrogens (tertiary/aromatic N) is 2. The Morgan fingerprint density at radius 1 is 1.45 bits per heavy atom. The summed E-state index contributed by atoms with van der Waals surface area (Å²) in [5, 5.41) is 6.90. The predicted molar refractivity (Wildman–Crippen MR) is 81.1 cm³/mol.